The largest absolute Gasteiger partial charge is 0.465 e. The van der Waals surface area contributed by atoms with Gasteiger partial charge in [-0.3, -0.25) is 4.79 Å². The number of esters is 1. The van der Waals surface area contributed by atoms with Crippen LogP contribution in [0.15, 0.2) is 12.1 Å². The Morgan fingerprint density at radius 2 is 2.11 bits per heavy atom. The minimum absolute atomic E-state index is 0.0245. The molecule has 0 saturated heterocycles. The molecule has 102 valence electrons. The minimum Gasteiger partial charge on any atom is -0.465 e. The van der Waals surface area contributed by atoms with Crippen LogP contribution >= 0.6 is 11.3 Å². The molecule has 3 N–H and O–H groups in total. The summed E-state index contributed by atoms with van der Waals surface area (Å²) >= 11 is 1.47. The highest BCUT2D eigenvalue weighted by Crippen LogP contribution is 2.33. The van der Waals surface area contributed by atoms with E-state index in [1.54, 1.807) is 6.92 Å². The maximum atomic E-state index is 11.5. The molecule has 0 aliphatic rings. The molecule has 0 amide bonds. The summed E-state index contributed by atoms with van der Waals surface area (Å²) in [6.45, 7) is 8.26. The van der Waals surface area contributed by atoms with E-state index in [-0.39, 0.29) is 12.0 Å². The number of thiophene rings is 1. The predicted molar refractivity (Wildman–Crippen MR) is 72.6 cm³/mol. The fourth-order valence-corrected chi connectivity index (χ4v) is 2.56. The Bertz CT molecular complexity index is 409. The lowest BCUT2D eigenvalue weighted by molar-refractivity contribution is -0.147. The number of hydrogen-bond acceptors (Lipinski definition) is 5. The second-order valence-corrected chi connectivity index (χ2v) is 6.29. The third kappa shape index (κ3) is 3.54. The van der Waals surface area contributed by atoms with Crippen LogP contribution in [0.4, 0.5) is 0 Å². The van der Waals surface area contributed by atoms with Crippen molar-refractivity contribution in [2.45, 2.75) is 45.3 Å². The summed E-state index contributed by atoms with van der Waals surface area (Å²) in [5.41, 5.74) is 5.70. The van der Waals surface area contributed by atoms with Crippen molar-refractivity contribution in [2.24, 2.45) is 5.73 Å². The van der Waals surface area contributed by atoms with Gasteiger partial charge in [0.25, 0.3) is 0 Å². The third-order valence-electron chi connectivity index (χ3n) is 2.56. The second kappa shape index (κ2) is 5.82. The van der Waals surface area contributed by atoms with E-state index in [1.165, 1.54) is 11.3 Å². The molecule has 1 aromatic heterocycles. The van der Waals surface area contributed by atoms with Crippen LogP contribution in [-0.2, 0) is 14.9 Å². The Morgan fingerprint density at radius 1 is 1.50 bits per heavy atom. The van der Waals surface area contributed by atoms with Crippen molar-refractivity contribution in [1.29, 1.82) is 0 Å². The molecule has 0 aromatic carbocycles. The van der Waals surface area contributed by atoms with Gasteiger partial charge in [0.05, 0.1) is 6.61 Å². The van der Waals surface area contributed by atoms with Crippen LogP contribution < -0.4 is 5.73 Å². The molecule has 1 heterocycles. The van der Waals surface area contributed by atoms with E-state index in [9.17, 15) is 9.90 Å². The maximum Gasteiger partial charge on any atom is 0.326 e. The van der Waals surface area contributed by atoms with Crippen LogP contribution in [0.5, 0.6) is 0 Å². The van der Waals surface area contributed by atoms with Gasteiger partial charge in [0.15, 0.2) is 0 Å². The Labute approximate surface area is 112 Å². The highest BCUT2D eigenvalue weighted by Gasteiger charge is 2.27. The lowest BCUT2D eigenvalue weighted by Crippen LogP contribution is -2.37. The highest BCUT2D eigenvalue weighted by atomic mass is 32.1. The lowest BCUT2D eigenvalue weighted by atomic mass is 9.95. The van der Waals surface area contributed by atoms with E-state index < -0.39 is 18.1 Å². The second-order valence-electron chi connectivity index (χ2n) is 5.17. The monoisotopic (exact) mass is 271 g/mol. The summed E-state index contributed by atoms with van der Waals surface area (Å²) in [6, 6.07) is 2.74. The smallest absolute Gasteiger partial charge is 0.326 e. The molecule has 0 saturated carbocycles. The molecular weight excluding hydrogens is 250 g/mol. The van der Waals surface area contributed by atoms with Gasteiger partial charge in [0.1, 0.15) is 12.1 Å². The SMILES string of the molecule is CCOC(=O)C(N)C(O)c1ccc(C(C)(C)C)s1. The topological polar surface area (TPSA) is 72.5 Å². The van der Waals surface area contributed by atoms with Crippen LogP contribution in [0.25, 0.3) is 0 Å². The van der Waals surface area contributed by atoms with E-state index in [1.807, 2.05) is 12.1 Å². The Morgan fingerprint density at radius 3 is 2.56 bits per heavy atom. The zero-order valence-electron chi connectivity index (χ0n) is 11.3. The quantitative estimate of drug-likeness (QED) is 0.821. The molecule has 2 atom stereocenters. The number of aliphatic hydroxyl groups excluding tert-OH is 1. The fourth-order valence-electron chi connectivity index (χ4n) is 1.46. The van der Waals surface area contributed by atoms with E-state index in [0.29, 0.717) is 4.88 Å². The van der Waals surface area contributed by atoms with Crippen LogP contribution in [0, 0.1) is 0 Å². The average Bonchev–Trinajstić information content (AvgIpc) is 2.76. The third-order valence-corrected chi connectivity index (χ3v) is 4.14. The summed E-state index contributed by atoms with van der Waals surface area (Å²) < 4.78 is 4.80. The first-order valence-corrected chi connectivity index (χ1v) is 6.79. The molecule has 0 fully saturated rings. The fraction of sp³-hybridized carbons (Fsp3) is 0.615. The first kappa shape index (κ1) is 15.1. The van der Waals surface area contributed by atoms with E-state index >= 15 is 0 Å². The average molecular weight is 271 g/mol. The molecule has 0 aliphatic carbocycles. The van der Waals surface area contributed by atoms with Crippen LogP contribution in [0.3, 0.4) is 0 Å². The summed E-state index contributed by atoms with van der Waals surface area (Å²) in [6.07, 6.45) is -1.01. The normalized spacial score (nSPS) is 15.2. The zero-order valence-corrected chi connectivity index (χ0v) is 12.1. The molecule has 0 aliphatic heterocycles. The van der Waals surface area contributed by atoms with Crippen LogP contribution in [-0.4, -0.2) is 23.7 Å². The van der Waals surface area contributed by atoms with Gasteiger partial charge in [-0.1, -0.05) is 20.8 Å². The van der Waals surface area contributed by atoms with Gasteiger partial charge in [0, 0.05) is 9.75 Å². The number of carbonyl (C=O) groups excluding carboxylic acids is 1. The number of rotatable bonds is 4. The summed E-state index contributed by atoms with van der Waals surface area (Å²) in [4.78, 5) is 13.3. The zero-order chi connectivity index (χ0) is 13.9. The first-order chi connectivity index (χ1) is 8.27. The molecule has 0 radical (unpaired) electrons. The summed E-state index contributed by atoms with van der Waals surface area (Å²) in [5, 5.41) is 10.0. The maximum absolute atomic E-state index is 11.5. The molecule has 5 heteroatoms. The molecule has 1 aromatic rings. The van der Waals surface area contributed by atoms with Crippen LogP contribution in [0.1, 0.15) is 43.6 Å². The summed E-state index contributed by atoms with van der Waals surface area (Å²) in [7, 11) is 0. The number of carbonyl (C=O) groups is 1. The predicted octanol–water partition coefficient (Wildman–Crippen LogP) is 1.97. The standard InChI is InChI=1S/C13H21NO3S/c1-5-17-12(16)10(14)11(15)8-6-7-9(18-8)13(2,3)4/h6-7,10-11,15H,5,14H2,1-4H3. The molecule has 4 nitrogen and oxygen atoms in total. The molecule has 2 unspecified atom stereocenters. The van der Waals surface area contributed by atoms with Crippen LogP contribution in [0.2, 0.25) is 0 Å². The van der Waals surface area contributed by atoms with Gasteiger partial charge in [-0.2, -0.15) is 0 Å². The van der Waals surface area contributed by atoms with Gasteiger partial charge < -0.3 is 15.6 Å². The van der Waals surface area contributed by atoms with Gasteiger partial charge in [-0.05, 0) is 24.5 Å². The Balaban J connectivity index is 2.81. The number of aliphatic hydroxyl groups is 1. The number of ether oxygens (including phenoxy) is 1. The van der Waals surface area contributed by atoms with Crippen molar-refractivity contribution >= 4 is 17.3 Å². The van der Waals surface area contributed by atoms with Gasteiger partial charge in [-0.15, -0.1) is 11.3 Å². The minimum atomic E-state index is -1.03. The van der Waals surface area contributed by atoms with E-state index in [0.717, 1.165) is 4.88 Å². The molecule has 18 heavy (non-hydrogen) atoms. The highest BCUT2D eigenvalue weighted by molar-refractivity contribution is 7.12. The molecule has 0 spiro atoms. The number of hydrogen-bond donors (Lipinski definition) is 2. The van der Waals surface area contributed by atoms with Crippen molar-refractivity contribution < 1.29 is 14.6 Å². The lowest BCUT2D eigenvalue weighted by Gasteiger charge is -2.17. The van der Waals surface area contributed by atoms with Gasteiger partial charge in [-0.25, -0.2) is 0 Å². The van der Waals surface area contributed by atoms with E-state index in [2.05, 4.69) is 20.8 Å². The molecule has 0 bridgehead atoms. The van der Waals surface area contributed by atoms with Gasteiger partial charge in [0.2, 0.25) is 0 Å². The van der Waals surface area contributed by atoms with E-state index in [4.69, 9.17) is 10.5 Å². The molecular formula is C13H21NO3S. The van der Waals surface area contributed by atoms with Crippen molar-refractivity contribution in [3.8, 4) is 0 Å². The first-order valence-electron chi connectivity index (χ1n) is 5.98. The summed E-state index contributed by atoms with van der Waals surface area (Å²) in [5.74, 6) is -0.573. The van der Waals surface area contributed by atoms with Crippen molar-refractivity contribution in [3.63, 3.8) is 0 Å². The van der Waals surface area contributed by atoms with Crippen molar-refractivity contribution in [1.82, 2.24) is 0 Å². The Kier molecular flexibility index (Phi) is 4.90. The van der Waals surface area contributed by atoms with Gasteiger partial charge >= 0.3 is 5.97 Å². The Hall–Kier alpha value is -0.910. The van der Waals surface area contributed by atoms with Crippen molar-refractivity contribution in [2.75, 3.05) is 6.61 Å². The number of nitrogens with two attached hydrogens (primary N) is 1. The molecule has 1 rings (SSSR count). The van der Waals surface area contributed by atoms with Crippen molar-refractivity contribution in [3.05, 3.63) is 21.9 Å².